The van der Waals surface area contributed by atoms with Gasteiger partial charge in [0.05, 0.1) is 13.7 Å². The SMILES string of the molecule is COc1ccc(-n2cnnc2CN2CCN(c3cccc(C)c3C)CC2)cc1. The predicted octanol–water partition coefficient (Wildman–Crippen LogP) is 3.21. The number of methoxy groups -OCH3 is 1. The Hall–Kier alpha value is -2.86. The van der Waals surface area contributed by atoms with Gasteiger partial charge in [0, 0.05) is 37.6 Å². The molecule has 0 amide bonds. The summed E-state index contributed by atoms with van der Waals surface area (Å²) in [6, 6.07) is 14.6. The third kappa shape index (κ3) is 3.73. The van der Waals surface area contributed by atoms with Crippen molar-refractivity contribution >= 4 is 5.69 Å². The molecule has 1 aliphatic rings. The molecular weight excluding hydrogens is 350 g/mol. The number of nitrogens with zero attached hydrogens (tertiary/aromatic N) is 5. The maximum atomic E-state index is 5.25. The smallest absolute Gasteiger partial charge is 0.151 e. The van der Waals surface area contributed by atoms with Crippen LogP contribution in [0.15, 0.2) is 48.8 Å². The van der Waals surface area contributed by atoms with E-state index in [-0.39, 0.29) is 0 Å². The number of aromatic nitrogens is 3. The minimum absolute atomic E-state index is 0.798. The number of benzene rings is 2. The normalized spacial score (nSPS) is 15.0. The predicted molar refractivity (Wildman–Crippen MR) is 111 cm³/mol. The molecule has 0 bridgehead atoms. The molecule has 0 spiro atoms. The lowest BCUT2D eigenvalue weighted by Crippen LogP contribution is -2.46. The maximum Gasteiger partial charge on any atom is 0.151 e. The number of hydrogen-bond acceptors (Lipinski definition) is 5. The molecule has 0 N–H and O–H groups in total. The summed E-state index contributed by atoms with van der Waals surface area (Å²) in [7, 11) is 1.68. The third-order valence-electron chi connectivity index (χ3n) is 5.62. The largest absolute Gasteiger partial charge is 0.497 e. The molecule has 2 aromatic carbocycles. The molecule has 0 atom stereocenters. The summed E-state index contributed by atoms with van der Waals surface area (Å²) in [5.41, 5.74) is 5.15. The quantitative estimate of drug-likeness (QED) is 0.683. The average Bonchev–Trinajstić information content (AvgIpc) is 3.19. The van der Waals surface area contributed by atoms with E-state index >= 15 is 0 Å². The van der Waals surface area contributed by atoms with Gasteiger partial charge in [-0.1, -0.05) is 12.1 Å². The maximum absolute atomic E-state index is 5.25. The first kappa shape index (κ1) is 18.5. The molecule has 0 radical (unpaired) electrons. The molecule has 2 heterocycles. The fraction of sp³-hybridized carbons (Fsp3) is 0.364. The first-order valence-corrected chi connectivity index (χ1v) is 9.72. The van der Waals surface area contributed by atoms with E-state index in [4.69, 9.17) is 4.74 Å². The molecule has 1 saturated heterocycles. The van der Waals surface area contributed by atoms with E-state index in [0.717, 1.165) is 50.0 Å². The monoisotopic (exact) mass is 377 g/mol. The minimum atomic E-state index is 0.798. The Labute approximate surface area is 166 Å². The van der Waals surface area contributed by atoms with Gasteiger partial charge in [-0.15, -0.1) is 10.2 Å². The Kier molecular flexibility index (Phi) is 5.30. The molecule has 3 aromatic rings. The summed E-state index contributed by atoms with van der Waals surface area (Å²) in [5, 5.41) is 8.49. The lowest BCUT2D eigenvalue weighted by molar-refractivity contribution is 0.242. The topological polar surface area (TPSA) is 46.4 Å². The Morgan fingerprint density at radius 3 is 2.43 bits per heavy atom. The van der Waals surface area contributed by atoms with E-state index in [1.807, 2.05) is 24.3 Å². The van der Waals surface area contributed by atoms with Gasteiger partial charge in [0.2, 0.25) is 0 Å². The van der Waals surface area contributed by atoms with Crippen LogP contribution in [0.2, 0.25) is 0 Å². The third-order valence-corrected chi connectivity index (χ3v) is 5.62. The molecular formula is C22H27N5O. The van der Waals surface area contributed by atoms with Crippen LogP contribution in [0.3, 0.4) is 0 Å². The number of piperazine rings is 1. The van der Waals surface area contributed by atoms with Gasteiger partial charge in [-0.05, 0) is 55.3 Å². The van der Waals surface area contributed by atoms with Crippen molar-refractivity contribution in [2.45, 2.75) is 20.4 Å². The number of aryl methyl sites for hydroxylation is 1. The molecule has 1 fully saturated rings. The summed E-state index contributed by atoms with van der Waals surface area (Å²) in [4.78, 5) is 4.94. The van der Waals surface area contributed by atoms with Crippen molar-refractivity contribution in [3.05, 3.63) is 65.7 Å². The van der Waals surface area contributed by atoms with Crippen LogP contribution in [0, 0.1) is 13.8 Å². The van der Waals surface area contributed by atoms with Gasteiger partial charge in [-0.3, -0.25) is 9.47 Å². The van der Waals surface area contributed by atoms with Crippen molar-refractivity contribution in [1.82, 2.24) is 19.7 Å². The van der Waals surface area contributed by atoms with E-state index in [0.29, 0.717) is 0 Å². The lowest BCUT2D eigenvalue weighted by Gasteiger charge is -2.36. The van der Waals surface area contributed by atoms with Crippen LogP contribution in [0.4, 0.5) is 5.69 Å². The van der Waals surface area contributed by atoms with Crippen molar-refractivity contribution in [3.8, 4) is 11.4 Å². The molecule has 0 saturated carbocycles. The second-order valence-electron chi connectivity index (χ2n) is 7.30. The lowest BCUT2D eigenvalue weighted by atomic mass is 10.1. The molecule has 28 heavy (non-hydrogen) atoms. The Morgan fingerprint density at radius 2 is 1.71 bits per heavy atom. The van der Waals surface area contributed by atoms with E-state index in [1.165, 1.54) is 16.8 Å². The van der Waals surface area contributed by atoms with Crippen LogP contribution in [-0.2, 0) is 6.54 Å². The first-order chi connectivity index (χ1) is 13.7. The first-order valence-electron chi connectivity index (χ1n) is 9.72. The molecule has 0 aliphatic carbocycles. The fourth-order valence-corrected chi connectivity index (χ4v) is 3.75. The van der Waals surface area contributed by atoms with E-state index in [9.17, 15) is 0 Å². The Bertz CT molecular complexity index is 926. The van der Waals surface area contributed by atoms with Crippen molar-refractivity contribution in [2.75, 3.05) is 38.2 Å². The fourth-order valence-electron chi connectivity index (χ4n) is 3.75. The van der Waals surface area contributed by atoms with Gasteiger partial charge >= 0.3 is 0 Å². The van der Waals surface area contributed by atoms with Crippen molar-refractivity contribution in [2.24, 2.45) is 0 Å². The van der Waals surface area contributed by atoms with Gasteiger partial charge in [0.25, 0.3) is 0 Å². The van der Waals surface area contributed by atoms with Crippen LogP contribution < -0.4 is 9.64 Å². The van der Waals surface area contributed by atoms with Crippen LogP contribution in [0.5, 0.6) is 5.75 Å². The number of hydrogen-bond donors (Lipinski definition) is 0. The van der Waals surface area contributed by atoms with Gasteiger partial charge in [-0.2, -0.15) is 0 Å². The van der Waals surface area contributed by atoms with Gasteiger partial charge in [0.1, 0.15) is 12.1 Å². The zero-order valence-corrected chi connectivity index (χ0v) is 16.8. The summed E-state index contributed by atoms with van der Waals surface area (Å²) in [5.74, 6) is 1.81. The highest BCUT2D eigenvalue weighted by Gasteiger charge is 2.20. The number of ether oxygens (including phenoxy) is 1. The van der Waals surface area contributed by atoms with Gasteiger partial charge < -0.3 is 9.64 Å². The average molecular weight is 377 g/mol. The molecule has 1 aromatic heterocycles. The van der Waals surface area contributed by atoms with Crippen molar-refractivity contribution in [3.63, 3.8) is 0 Å². The molecule has 4 rings (SSSR count). The summed E-state index contributed by atoms with van der Waals surface area (Å²) in [6.45, 7) is 9.29. The Balaban J connectivity index is 1.42. The van der Waals surface area contributed by atoms with Crippen LogP contribution >= 0.6 is 0 Å². The highest BCUT2D eigenvalue weighted by molar-refractivity contribution is 5.56. The Morgan fingerprint density at radius 1 is 0.964 bits per heavy atom. The van der Waals surface area contributed by atoms with Gasteiger partial charge in [-0.25, -0.2) is 0 Å². The minimum Gasteiger partial charge on any atom is -0.497 e. The number of rotatable bonds is 5. The second kappa shape index (κ2) is 8.02. The molecule has 6 nitrogen and oxygen atoms in total. The molecule has 0 unspecified atom stereocenters. The zero-order chi connectivity index (χ0) is 19.5. The van der Waals surface area contributed by atoms with Crippen LogP contribution in [0.25, 0.3) is 5.69 Å². The van der Waals surface area contributed by atoms with E-state index in [2.05, 4.69) is 56.6 Å². The highest BCUT2D eigenvalue weighted by Crippen LogP contribution is 2.24. The molecule has 1 aliphatic heterocycles. The summed E-state index contributed by atoms with van der Waals surface area (Å²) in [6.07, 6.45) is 1.78. The number of anilines is 1. The van der Waals surface area contributed by atoms with E-state index < -0.39 is 0 Å². The molecule has 6 heteroatoms. The summed E-state index contributed by atoms with van der Waals surface area (Å²) >= 11 is 0. The van der Waals surface area contributed by atoms with Crippen molar-refractivity contribution in [1.29, 1.82) is 0 Å². The zero-order valence-electron chi connectivity index (χ0n) is 16.8. The second-order valence-corrected chi connectivity index (χ2v) is 7.30. The molecule has 146 valence electrons. The summed E-state index contributed by atoms with van der Waals surface area (Å²) < 4.78 is 7.30. The van der Waals surface area contributed by atoms with E-state index in [1.54, 1.807) is 13.4 Å². The standard InChI is InChI=1S/C22H27N5O/c1-17-5-4-6-21(18(17)2)26-13-11-25(12-14-26)15-22-24-23-16-27(22)19-7-9-20(28-3)10-8-19/h4-10,16H,11-15H2,1-3H3. The van der Waals surface area contributed by atoms with Gasteiger partial charge in [0.15, 0.2) is 5.82 Å². The van der Waals surface area contributed by atoms with Crippen LogP contribution in [0.1, 0.15) is 17.0 Å². The highest BCUT2D eigenvalue weighted by atomic mass is 16.5. The van der Waals surface area contributed by atoms with Crippen molar-refractivity contribution < 1.29 is 4.74 Å². The van der Waals surface area contributed by atoms with Crippen LogP contribution in [-0.4, -0.2) is 53.0 Å².